The number of hydrogen-bond donors (Lipinski definition) is 1. The SMILES string of the molecule is C/C=C/c1ccc(C2=NOC(C[C@](C)(C(=O)O)S(C)(=O)=O)C2)cc1. The number of nitrogens with zero attached hydrogens (tertiary/aromatic N) is 1. The van der Waals surface area contributed by atoms with Crippen molar-refractivity contribution in [3.63, 3.8) is 0 Å². The first kappa shape index (κ1) is 18.2. The number of hydrogen-bond acceptors (Lipinski definition) is 5. The maximum absolute atomic E-state index is 11.9. The molecular weight excluding hydrogens is 330 g/mol. The van der Waals surface area contributed by atoms with Gasteiger partial charge in [-0.25, -0.2) is 8.42 Å². The van der Waals surface area contributed by atoms with Crippen LogP contribution in [-0.4, -0.2) is 42.3 Å². The van der Waals surface area contributed by atoms with Gasteiger partial charge in [0.15, 0.2) is 14.6 Å². The topological polar surface area (TPSA) is 93.0 Å². The van der Waals surface area contributed by atoms with E-state index in [0.29, 0.717) is 12.1 Å². The molecule has 0 saturated carbocycles. The molecule has 2 atom stereocenters. The fourth-order valence-electron chi connectivity index (χ4n) is 2.52. The van der Waals surface area contributed by atoms with E-state index in [2.05, 4.69) is 5.16 Å². The molecule has 0 spiro atoms. The van der Waals surface area contributed by atoms with E-state index in [1.165, 1.54) is 6.92 Å². The van der Waals surface area contributed by atoms with Crippen molar-refractivity contribution in [3.8, 4) is 0 Å². The van der Waals surface area contributed by atoms with Crippen molar-refractivity contribution in [3.05, 3.63) is 41.5 Å². The molecule has 1 unspecified atom stereocenters. The molecule has 1 aliphatic rings. The highest BCUT2D eigenvalue weighted by Gasteiger charge is 2.47. The first-order valence-electron chi connectivity index (χ1n) is 7.56. The second-order valence-electron chi connectivity index (χ2n) is 6.10. The van der Waals surface area contributed by atoms with Crippen LogP contribution in [0.15, 0.2) is 35.5 Å². The fraction of sp³-hybridized carbons (Fsp3) is 0.412. The van der Waals surface area contributed by atoms with Crippen LogP contribution in [0.5, 0.6) is 0 Å². The molecule has 0 saturated heterocycles. The summed E-state index contributed by atoms with van der Waals surface area (Å²) in [4.78, 5) is 16.7. The van der Waals surface area contributed by atoms with Crippen molar-refractivity contribution < 1.29 is 23.2 Å². The van der Waals surface area contributed by atoms with E-state index < -0.39 is 26.7 Å². The number of benzene rings is 1. The number of allylic oxidation sites excluding steroid dienone is 1. The van der Waals surface area contributed by atoms with Crippen LogP contribution in [0.25, 0.3) is 6.08 Å². The molecule has 0 radical (unpaired) electrons. The Labute approximate surface area is 141 Å². The number of rotatable bonds is 6. The third-order valence-electron chi connectivity index (χ3n) is 4.22. The Morgan fingerprint density at radius 2 is 2.04 bits per heavy atom. The minimum atomic E-state index is -3.78. The molecule has 0 aromatic heterocycles. The molecule has 0 fully saturated rings. The zero-order valence-corrected chi connectivity index (χ0v) is 14.7. The molecular formula is C17H21NO5S. The minimum Gasteiger partial charge on any atom is -0.480 e. The van der Waals surface area contributed by atoms with Gasteiger partial charge in [0.05, 0.1) is 5.71 Å². The van der Waals surface area contributed by atoms with Gasteiger partial charge in [-0.05, 0) is 25.0 Å². The maximum atomic E-state index is 11.9. The zero-order chi connectivity index (χ0) is 18.0. The highest BCUT2D eigenvalue weighted by atomic mass is 32.2. The second-order valence-corrected chi connectivity index (χ2v) is 8.55. The standard InChI is InChI=1S/C17H21NO5S/c1-4-5-12-6-8-13(9-7-12)15-10-14(23-18-15)11-17(2,16(19)20)24(3,21)22/h4-9,14H,10-11H2,1-3H3,(H,19,20)/b5-4+/t14?,17-/m1/s1. The summed E-state index contributed by atoms with van der Waals surface area (Å²) < 4.78 is 21.8. The number of carbonyl (C=O) groups is 1. The van der Waals surface area contributed by atoms with Gasteiger partial charge in [0, 0.05) is 19.1 Å². The van der Waals surface area contributed by atoms with Crippen LogP contribution in [0.1, 0.15) is 37.8 Å². The summed E-state index contributed by atoms with van der Waals surface area (Å²) >= 11 is 0. The van der Waals surface area contributed by atoms with Gasteiger partial charge in [0.2, 0.25) is 0 Å². The van der Waals surface area contributed by atoms with E-state index in [4.69, 9.17) is 4.84 Å². The van der Waals surface area contributed by atoms with Crippen molar-refractivity contribution in [1.82, 2.24) is 0 Å². The summed E-state index contributed by atoms with van der Waals surface area (Å²) in [5, 5.41) is 13.3. The molecule has 130 valence electrons. The predicted molar refractivity (Wildman–Crippen MR) is 92.7 cm³/mol. The molecule has 0 amide bonds. The molecule has 2 rings (SSSR count). The third kappa shape index (κ3) is 3.67. The zero-order valence-electron chi connectivity index (χ0n) is 13.9. The quantitative estimate of drug-likeness (QED) is 0.850. The van der Waals surface area contributed by atoms with Gasteiger partial charge in [-0.2, -0.15) is 0 Å². The molecule has 0 aliphatic carbocycles. The Balaban J connectivity index is 2.10. The largest absolute Gasteiger partial charge is 0.480 e. The van der Waals surface area contributed by atoms with Crippen molar-refractivity contribution in [2.24, 2.45) is 5.16 Å². The van der Waals surface area contributed by atoms with Crippen LogP contribution in [-0.2, 0) is 19.5 Å². The Morgan fingerprint density at radius 3 is 2.54 bits per heavy atom. The van der Waals surface area contributed by atoms with Crippen molar-refractivity contribution >= 4 is 27.6 Å². The predicted octanol–water partition coefficient (Wildman–Crippen LogP) is 2.49. The summed E-state index contributed by atoms with van der Waals surface area (Å²) in [6.07, 6.45) is 4.50. The van der Waals surface area contributed by atoms with Crippen LogP contribution >= 0.6 is 0 Å². The van der Waals surface area contributed by atoms with Gasteiger partial charge >= 0.3 is 5.97 Å². The lowest BCUT2D eigenvalue weighted by molar-refractivity contribution is -0.140. The Hall–Kier alpha value is -2.15. The lowest BCUT2D eigenvalue weighted by Gasteiger charge is -2.24. The first-order chi connectivity index (χ1) is 11.2. The minimum absolute atomic E-state index is 0.148. The summed E-state index contributed by atoms with van der Waals surface area (Å²) in [7, 11) is -3.78. The highest BCUT2D eigenvalue weighted by Crippen LogP contribution is 2.29. The summed E-state index contributed by atoms with van der Waals surface area (Å²) in [6, 6.07) is 7.71. The van der Waals surface area contributed by atoms with E-state index in [9.17, 15) is 18.3 Å². The Morgan fingerprint density at radius 1 is 1.42 bits per heavy atom. The van der Waals surface area contributed by atoms with Crippen molar-refractivity contribution in [2.45, 2.75) is 37.5 Å². The van der Waals surface area contributed by atoms with Crippen LogP contribution in [0.2, 0.25) is 0 Å². The van der Waals surface area contributed by atoms with Crippen LogP contribution < -0.4 is 0 Å². The second kappa shape index (κ2) is 6.76. The summed E-state index contributed by atoms with van der Waals surface area (Å²) in [6.45, 7) is 3.15. The number of carboxylic acids is 1. The average Bonchev–Trinajstić information content (AvgIpc) is 2.95. The Bertz CT molecular complexity index is 780. The van der Waals surface area contributed by atoms with Gasteiger partial charge in [0.25, 0.3) is 0 Å². The van der Waals surface area contributed by atoms with E-state index in [-0.39, 0.29) is 6.42 Å². The molecule has 1 aromatic carbocycles. The fourth-order valence-corrected chi connectivity index (χ4v) is 3.32. The van der Waals surface area contributed by atoms with Crippen LogP contribution in [0, 0.1) is 0 Å². The van der Waals surface area contributed by atoms with E-state index in [1.807, 2.05) is 43.3 Å². The molecule has 6 nitrogen and oxygen atoms in total. The van der Waals surface area contributed by atoms with Crippen LogP contribution in [0.4, 0.5) is 0 Å². The number of oxime groups is 1. The molecule has 1 N–H and O–H groups in total. The molecule has 7 heteroatoms. The van der Waals surface area contributed by atoms with Crippen LogP contribution in [0.3, 0.4) is 0 Å². The average molecular weight is 351 g/mol. The first-order valence-corrected chi connectivity index (χ1v) is 9.45. The molecule has 0 bridgehead atoms. The number of carboxylic acid groups (broad SMARTS) is 1. The summed E-state index contributed by atoms with van der Waals surface area (Å²) in [5.74, 6) is -1.38. The number of aliphatic carboxylic acids is 1. The van der Waals surface area contributed by atoms with Gasteiger partial charge in [-0.1, -0.05) is 41.6 Å². The van der Waals surface area contributed by atoms with E-state index in [1.54, 1.807) is 0 Å². The Kier molecular flexibility index (Phi) is 5.13. The van der Waals surface area contributed by atoms with Crippen molar-refractivity contribution in [2.75, 3.05) is 6.26 Å². The third-order valence-corrected chi connectivity index (χ3v) is 6.20. The van der Waals surface area contributed by atoms with Gasteiger partial charge in [-0.15, -0.1) is 0 Å². The lowest BCUT2D eigenvalue weighted by Crippen LogP contribution is -2.45. The van der Waals surface area contributed by atoms with E-state index >= 15 is 0 Å². The van der Waals surface area contributed by atoms with Gasteiger partial charge in [0.1, 0.15) is 6.10 Å². The summed E-state index contributed by atoms with van der Waals surface area (Å²) in [5.41, 5.74) is 2.63. The van der Waals surface area contributed by atoms with Gasteiger partial charge in [-0.3, -0.25) is 4.79 Å². The normalized spacial score (nSPS) is 20.5. The smallest absolute Gasteiger partial charge is 0.324 e. The highest BCUT2D eigenvalue weighted by molar-refractivity contribution is 7.92. The lowest BCUT2D eigenvalue weighted by atomic mass is 9.97. The molecule has 24 heavy (non-hydrogen) atoms. The molecule has 1 aliphatic heterocycles. The molecule has 1 heterocycles. The van der Waals surface area contributed by atoms with Crippen molar-refractivity contribution in [1.29, 1.82) is 0 Å². The molecule has 1 aromatic rings. The maximum Gasteiger partial charge on any atom is 0.324 e. The van der Waals surface area contributed by atoms with E-state index in [0.717, 1.165) is 17.4 Å². The number of sulfone groups is 1. The monoisotopic (exact) mass is 351 g/mol. The van der Waals surface area contributed by atoms with Gasteiger partial charge < -0.3 is 9.94 Å².